The van der Waals surface area contributed by atoms with E-state index in [0.29, 0.717) is 0 Å². The Morgan fingerprint density at radius 1 is 1.27 bits per heavy atom. The van der Waals surface area contributed by atoms with Crippen molar-refractivity contribution in [3.05, 3.63) is 59.1 Å². The van der Waals surface area contributed by atoms with Gasteiger partial charge in [-0.15, -0.1) is 0 Å². The summed E-state index contributed by atoms with van der Waals surface area (Å²) in [5, 5.41) is 0.774. The monoisotopic (exact) mass is 218 g/mol. The summed E-state index contributed by atoms with van der Waals surface area (Å²) in [5.41, 5.74) is 2.26. The van der Waals surface area contributed by atoms with Gasteiger partial charge >= 0.3 is 0 Å². The fourth-order valence-corrected chi connectivity index (χ4v) is 1.43. The number of halogens is 1. The van der Waals surface area contributed by atoms with Crippen molar-refractivity contribution < 1.29 is 0 Å². The van der Waals surface area contributed by atoms with Crippen LogP contribution < -0.4 is 0 Å². The first-order chi connectivity index (χ1) is 7.34. The van der Waals surface area contributed by atoms with Crippen molar-refractivity contribution in [1.29, 1.82) is 0 Å². The van der Waals surface area contributed by atoms with Crippen LogP contribution in [0.15, 0.2) is 42.9 Å². The predicted molar refractivity (Wildman–Crippen MR) is 62.8 cm³/mol. The van der Waals surface area contributed by atoms with E-state index in [2.05, 4.69) is 16.0 Å². The van der Waals surface area contributed by atoms with Crippen LogP contribution in [-0.2, 0) is 6.42 Å². The second kappa shape index (κ2) is 4.80. The lowest BCUT2D eigenvalue weighted by Crippen LogP contribution is -1.79. The number of nitrogens with zero attached hydrogens (tertiary/aromatic N) is 1. The summed E-state index contributed by atoms with van der Waals surface area (Å²) in [6.07, 6.45) is 8.47. The summed E-state index contributed by atoms with van der Waals surface area (Å²) < 4.78 is 0. The molecule has 1 heterocycles. The molecule has 15 heavy (non-hydrogen) atoms. The Balaban J connectivity index is 1.96. The van der Waals surface area contributed by atoms with E-state index in [9.17, 15) is 0 Å². The summed E-state index contributed by atoms with van der Waals surface area (Å²) in [6.45, 7) is 0. The molecule has 3 heteroatoms. The average molecular weight is 219 g/mol. The van der Waals surface area contributed by atoms with Crippen LogP contribution in [0.4, 0.5) is 0 Å². The van der Waals surface area contributed by atoms with Crippen molar-refractivity contribution in [2.75, 3.05) is 0 Å². The van der Waals surface area contributed by atoms with E-state index in [1.165, 1.54) is 5.56 Å². The highest BCUT2D eigenvalue weighted by atomic mass is 35.5. The lowest BCUT2D eigenvalue weighted by Gasteiger charge is -1.95. The zero-order valence-electron chi connectivity index (χ0n) is 8.15. The van der Waals surface area contributed by atoms with Crippen LogP contribution in [0.3, 0.4) is 0 Å². The van der Waals surface area contributed by atoms with Gasteiger partial charge in [-0.2, -0.15) is 0 Å². The van der Waals surface area contributed by atoms with Gasteiger partial charge in [0, 0.05) is 5.02 Å². The molecule has 0 radical (unpaired) electrons. The maximum atomic E-state index is 5.80. The van der Waals surface area contributed by atoms with Crippen LogP contribution in [0.1, 0.15) is 11.3 Å². The Labute approximate surface area is 93.6 Å². The molecule has 0 unspecified atom stereocenters. The van der Waals surface area contributed by atoms with Crippen molar-refractivity contribution >= 4 is 17.7 Å². The molecule has 0 saturated carbocycles. The second-order valence-electron chi connectivity index (χ2n) is 3.24. The van der Waals surface area contributed by atoms with E-state index < -0.39 is 0 Å². The molecule has 2 rings (SSSR count). The van der Waals surface area contributed by atoms with Gasteiger partial charge in [-0.1, -0.05) is 29.8 Å². The van der Waals surface area contributed by atoms with Gasteiger partial charge in [0.2, 0.25) is 0 Å². The van der Waals surface area contributed by atoms with Gasteiger partial charge in [0.05, 0.1) is 18.2 Å². The molecule has 76 valence electrons. The SMILES string of the molecule is Clc1ccc(C/C=C/c2cnc[nH]2)cc1. The van der Waals surface area contributed by atoms with Gasteiger partial charge in [-0.3, -0.25) is 0 Å². The molecule has 1 aromatic carbocycles. The number of hydrogen-bond donors (Lipinski definition) is 1. The number of H-pyrrole nitrogens is 1. The first-order valence-electron chi connectivity index (χ1n) is 4.74. The fourth-order valence-electron chi connectivity index (χ4n) is 1.30. The molecule has 0 fully saturated rings. The normalized spacial score (nSPS) is 11.0. The minimum absolute atomic E-state index is 0.774. The molecule has 2 aromatic rings. The van der Waals surface area contributed by atoms with Gasteiger partial charge in [-0.05, 0) is 30.2 Å². The van der Waals surface area contributed by atoms with Crippen LogP contribution in [-0.4, -0.2) is 9.97 Å². The van der Waals surface area contributed by atoms with Gasteiger partial charge in [0.25, 0.3) is 0 Å². The number of aromatic nitrogens is 2. The number of imidazole rings is 1. The number of rotatable bonds is 3. The van der Waals surface area contributed by atoms with Gasteiger partial charge < -0.3 is 4.98 Å². The van der Waals surface area contributed by atoms with E-state index in [1.807, 2.05) is 30.3 Å². The van der Waals surface area contributed by atoms with Gasteiger partial charge in [-0.25, -0.2) is 4.98 Å². The molecular formula is C12H11ClN2. The smallest absolute Gasteiger partial charge is 0.0924 e. The number of benzene rings is 1. The molecule has 0 amide bonds. The van der Waals surface area contributed by atoms with Crippen LogP contribution >= 0.6 is 11.6 Å². The van der Waals surface area contributed by atoms with Crippen molar-refractivity contribution in [3.8, 4) is 0 Å². The number of hydrogen-bond acceptors (Lipinski definition) is 1. The zero-order chi connectivity index (χ0) is 10.5. The predicted octanol–water partition coefficient (Wildman–Crippen LogP) is 3.32. The Morgan fingerprint density at radius 3 is 2.73 bits per heavy atom. The molecule has 0 bridgehead atoms. The molecular weight excluding hydrogens is 208 g/mol. The Kier molecular flexibility index (Phi) is 3.20. The van der Waals surface area contributed by atoms with Crippen molar-refractivity contribution in [3.63, 3.8) is 0 Å². The molecule has 2 nitrogen and oxygen atoms in total. The molecule has 0 spiro atoms. The molecule has 1 N–H and O–H groups in total. The lowest BCUT2D eigenvalue weighted by molar-refractivity contribution is 1.27. The molecule has 0 aliphatic carbocycles. The average Bonchev–Trinajstić information content (AvgIpc) is 2.74. The lowest BCUT2D eigenvalue weighted by atomic mass is 10.1. The molecule has 0 aliphatic heterocycles. The van der Waals surface area contributed by atoms with E-state index >= 15 is 0 Å². The molecule has 0 atom stereocenters. The second-order valence-corrected chi connectivity index (χ2v) is 3.68. The zero-order valence-corrected chi connectivity index (χ0v) is 8.91. The standard InChI is InChI=1S/C12H11ClN2/c13-11-6-4-10(5-7-11)2-1-3-12-8-14-9-15-12/h1,3-9H,2H2,(H,14,15)/b3-1+. The number of allylic oxidation sites excluding steroid dienone is 1. The number of nitrogens with one attached hydrogen (secondary N) is 1. The minimum Gasteiger partial charge on any atom is -0.345 e. The summed E-state index contributed by atoms with van der Waals surface area (Å²) in [6, 6.07) is 7.86. The van der Waals surface area contributed by atoms with Crippen molar-refractivity contribution in [2.24, 2.45) is 0 Å². The third kappa shape index (κ3) is 2.96. The maximum absolute atomic E-state index is 5.80. The third-order valence-corrected chi connectivity index (χ3v) is 2.34. The molecule has 0 saturated heterocycles. The molecule has 1 aromatic heterocycles. The molecule has 0 aliphatic rings. The largest absolute Gasteiger partial charge is 0.345 e. The summed E-state index contributed by atoms with van der Waals surface area (Å²) in [7, 11) is 0. The Hall–Kier alpha value is -1.54. The van der Waals surface area contributed by atoms with E-state index in [-0.39, 0.29) is 0 Å². The van der Waals surface area contributed by atoms with Crippen LogP contribution in [0.2, 0.25) is 5.02 Å². The first kappa shape index (κ1) is 9.99. The van der Waals surface area contributed by atoms with E-state index in [1.54, 1.807) is 12.5 Å². The number of aromatic amines is 1. The first-order valence-corrected chi connectivity index (χ1v) is 5.12. The summed E-state index contributed by atoms with van der Waals surface area (Å²) in [4.78, 5) is 6.95. The summed E-state index contributed by atoms with van der Waals surface area (Å²) >= 11 is 5.80. The van der Waals surface area contributed by atoms with Crippen LogP contribution in [0.25, 0.3) is 6.08 Å². The Bertz CT molecular complexity index is 429. The third-order valence-electron chi connectivity index (χ3n) is 2.08. The topological polar surface area (TPSA) is 28.7 Å². The highest BCUT2D eigenvalue weighted by Gasteiger charge is 1.90. The highest BCUT2D eigenvalue weighted by Crippen LogP contribution is 2.10. The van der Waals surface area contributed by atoms with Gasteiger partial charge in [0.1, 0.15) is 0 Å². The van der Waals surface area contributed by atoms with E-state index in [4.69, 9.17) is 11.6 Å². The van der Waals surface area contributed by atoms with Crippen LogP contribution in [0.5, 0.6) is 0 Å². The van der Waals surface area contributed by atoms with Crippen LogP contribution in [0, 0.1) is 0 Å². The maximum Gasteiger partial charge on any atom is 0.0924 e. The Morgan fingerprint density at radius 2 is 2.07 bits per heavy atom. The summed E-state index contributed by atoms with van der Waals surface area (Å²) in [5.74, 6) is 0. The minimum atomic E-state index is 0.774. The van der Waals surface area contributed by atoms with Gasteiger partial charge in [0.15, 0.2) is 0 Å². The van der Waals surface area contributed by atoms with E-state index in [0.717, 1.165) is 17.1 Å². The fraction of sp³-hybridized carbons (Fsp3) is 0.0833. The van der Waals surface area contributed by atoms with Crippen molar-refractivity contribution in [1.82, 2.24) is 9.97 Å². The highest BCUT2D eigenvalue weighted by molar-refractivity contribution is 6.30. The quantitative estimate of drug-likeness (QED) is 0.841. The van der Waals surface area contributed by atoms with Crippen molar-refractivity contribution in [2.45, 2.75) is 6.42 Å².